The molecule has 1 heteroatoms. The number of rotatable bonds is 3. The molecule has 5 fully saturated rings. The van der Waals surface area contributed by atoms with Crippen LogP contribution in [0.2, 0.25) is 0 Å². The highest BCUT2D eigenvalue weighted by Gasteiger charge is 2.48. The predicted octanol–water partition coefficient (Wildman–Crippen LogP) is 3.59. The summed E-state index contributed by atoms with van der Waals surface area (Å²) in [6.45, 7) is 3.79. The van der Waals surface area contributed by atoms with E-state index in [0.29, 0.717) is 5.41 Å². The Labute approximate surface area is 106 Å². The molecule has 5 aliphatic rings. The molecule has 1 nitrogen and oxygen atoms in total. The highest BCUT2D eigenvalue weighted by molar-refractivity contribution is 5.02. The Kier molecular flexibility index (Phi) is 2.38. The topological polar surface area (TPSA) is 12.0 Å². The summed E-state index contributed by atoms with van der Waals surface area (Å²) in [5.41, 5.74) is 0.661. The molecule has 0 spiro atoms. The van der Waals surface area contributed by atoms with Crippen LogP contribution in [0.1, 0.15) is 58.3 Å². The van der Waals surface area contributed by atoms with Gasteiger partial charge in [-0.3, -0.25) is 0 Å². The molecule has 17 heavy (non-hydrogen) atoms. The maximum absolute atomic E-state index is 4.01. The zero-order valence-corrected chi connectivity index (χ0v) is 11.3. The summed E-state index contributed by atoms with van der Waals surface area (Å²) in [6, 6.07) is 0.903. The van der Waals surface area contributed by atoms with Gasteiger partial charge in [0.05, 0.1) is 0 Å². The molecular weight excluding hydrogens is 206 g/mol. The summed E-state index contributed by atoms with van der Waals surface area (Å²) in [6.07, 6.45) is 12.2. The van der Waals surface area contributed by atoms with Crippen LogP contribution in [0.25, 0.3) is 0 Å². The SMILES string of the molecule is CC1(CNC2C3CC4CC(C3)CC2C4)CCC1. The molecule has 0 aromatic carbocycles. The maximum atomic E-state index is 4.01. The summed E-state index contributed by atoms with van der Waals surface area (Å²) in [5, 5.41) is 4.01. The zero-order chi connectivity index (χ0) is 11.5. The smallest absolute Gasteiger partial charge is 0.0124 e. The normalized spacial score (nSPS) is 50.3. The van der Waals surface area contributed by atoms with Gasteiger partial charge in [0.25, 0.3) is 0 Å². The molecule has 0 aromatic heterocycles. The molecule has 5 rings (SSSR count). The van der Waals surface area contributed by atoms with Gasteiger partial charge >= 0.3 is 0 Å². The molecule has 0 saturated heterocycles. The molecule has 0 radical (unpaired) electrons. The van der Waals surface area contributed by atoms with Crippen molar-refractivity contribution in [3.8, 4) is 0 Å². The van der Waals surface area contributed by atoms with E-state index < -0.39 is 0 Å². The van der Waals surface area contributed by atoms with Gasteiger partial charge in [-0.15, -0.1) is 0 Å². The molecule has 0 atom stereocenters. The second-order valence-electron chi connectivity index (χ2n) is 8.00. The standard InChI is InChI=1S/C16H27N/c1-16(3-2-4-16)10-17-15-13-6-11-5-12(8-13)9-14(15)7-11/h11-15,17H,2-10H2,1H3. The monoisotopic (exact) mass is 233 g/mol. The fraction of sp³-hybridized carbons (Fsp3) is 1.00. The van der Waals surface area contributed by atoms with Crippen LogP contribution in [0.15, 0.2) is 0 Å². The lowest BCUT2D eigenvalue weighted by atomic mass is 9.54. The van der Waals surface area contributed by atoms with E-state index in [9.17, 15) is 0 Å². The molecule has 96 valence electrons. The van der Waals surface area contributed by atoms with Crippen LogP contribution in [0.3, 0.4) is 0 Å². The van der Waals surface area contributed by atoms with E-state index in [1.807, 2.05) is 0 Å². The minimum atomic E-state index is 0.661. The van der Waals surface area contributed by atoms with Crippen molar-refractivity contribution in [1.82, 2.24) is 5.32 Å². The average Bonchev–Trinajstić information content (AvgIpc) is 2.24. The van der Waals surface area contributed by atoms with Crippen LogP contribution in [0.4, 0.5) is 0 Å². The van der Waals surface area contributed by atoms with Crippen LogP contribution in [-0.4, -0.2) is 12.6 Å². The van der Waals surface area contributed by atoms with Crippen molar-refractivity contribution in [2.75, 3.05) is 6.54 Å². The van der Waals surface area contributed by atoms with Crippen LogP contribution < -0.4 is 5.32 Å². The van der Waals surface area contributed by atoms with Gasteiger partial charge < -0.3 is 5.32 Å². The summed E-state index contributed by atoms with van der Waals surface area (Å²) < 4.78 is 0. The number of nitrogens with one attached hydrogen (secondary N) is 1. The van der Waals surface area contributed by atoms with Crippen LogP contribution >= 0.6 is 0 Å². The van der Waals surface area contributed by atoms with Gasteiger partial charge in [-0.25, -0.2) is 0 Å². The Balaban J connectivity index is 1.41. The first kappa shape index (κ1) is 10.8. The molecule has 0 aliphatic heterocycles. The van der Waals surface area contributed by atoms with Gasteiger partial charge in [0, 0.05) is 12.6 Å². The quantitative estimate of drug-likeness (QED) is 0.785. The van der Waals surface area contributed by atoms with Gasteiger partial charge in [0.2, 0.25) is 0 Å². The molecule has 4 bridgehead atoms. The zero-order valence-electron chi connectivity index (χ0n) is 11.3. The Morgan fingerprint density at radius 1 is 0.941 bits per heavy atom. The van der Waals surface area contributed by atoms with Gasteiger partial charge in [0.15, 0.2) is 0 Å². The lowest BCUT2D eigenvalue weighted by Crippen LogP contribution is -2.56. The lowest BCUT2D eigenvalue weighted by Gasteiger charge is -2.55. The molecule has 0 amide bonds. The summed E-state index contributed by atoms with van der Waals surface area (Å²) in [4.78, 5) is 0. The van der Waals surface area contributed by atoms with Crippen LogP contribution in [0.5, 0.6) is 0 Å². The molecule has 0 unspecified atom stereocenters. The molecule has 5 aliphatic carbocycles. The van der Waals surface area contributed by atoms with Crippen LogP contribution in [-0.2, 0) is 0 Å². The van der Waals surface area contributed by atoms with E-state index in [-0.39, 0.29) is 0 Å². The Morgan fingerprint density at radius 3 is 2.00 bits per heavy atom. The minimum Gasteiger partial charge on any atom is -0.313 e. The fourth-order valence-corrected chi connectivity index (χ4v) is 5.58. The largest absolute Gasteiger partial charge is 0.313 e. The molecule has 5 saturated carbocycles. The summed E-state index contributed by atoms with van der Waals surface area (Å²) >= 11 is 0. The third-order valence-electron chi connectivity index (χ3n) is 6.55. The van der Waals surface area contributed by atoms with E-state index in [4.69, 9.17) is 0 Å². The van der Waals surface area contributed by atoms with E-state index in [0.717, 1.165) is 29.7 Å². The predicted molar refractivity (Wildman–Crippen MR) is 70.8 cm³/mol. The van der Waals surface area contributed by atoms with Crippen molar-refractivity contribution >= 4 is 0 Å². The molecule has 1 N–H and O–H groups in total. The van der Waals surface area contributed by atoms with Gasteiger partial charge in [-0.1, -0.05) is 13.3 Å². The summed E-state index contributed by atoms with van der Waals surface area (Å²) in [5.74, 6) is 4.34. The highest BCUT2D eigenvalue weighted by atomic mass is 15.0. The lowest BCUT2D eigenvalue weighted by molar-refractivity contribution is -0.0200. The highest BCUT2D eigenvalue weighted by Crippen LogP contribution is 2.54. The maximum Gasteiger partial charge on any atom is 0.0124 e. The van der Waals surface area contributed by atoms with E-state index in [1.54, 1.807) is 32.1 Å². The van der Waals surface area contributed by atoms with Gasteiger partial charge in [-0.05, 0) is 74.0 Å². The van der Waals surface area contributed by atoms with Crippen LogP contribution in [0, 0.1) is 29.1 Å². The minimum absolute atomic E-state index is 0.661. The average molecular weight is 233 g/mol. The van der Waals surface area contributed by atoms with Gasteiger partial charge in [0.1, 0.15) is 0 Å². The van der Waals surface area contributed by atoms with E-state index in [2.05, 4.69) is 12.2 Å². The Bertz CT molecular complexity index is 277. The fourth-order valence-electron chi connectivity index (χ4n) is 5.58. The molecular formula is C16H27N. The Morgan fingerprint density at radius 2 is 1.53 bits per heavy atom. The van der Waals surface area contributed by atoms with Crippen molar-refractivity contribution in [3.63, 3.8) is 0 Å². The van der Waals surface area contributed by atoms with Crippen molar-refractivity contribution in [2.45, 2.75) is 64.3 Å². The van der Waals surface area contributed by atoms with Crippen molar-refractivity contribution in [1.29, 1.82) is 0 Å². The van der Waals surface area contributed by atoms with E-state index in [1.165, 1.54) is 25.8 Å². The second-order valence-corrected chi connectivity index (χ2v) is 8.00. The number of hydrogen-bond donors (Lipinski definition) is 1. The van der Waals surface area contributed by atoms with Crippen molar-refractivity contribution in [2.24, 2.45) is 29.1 Å². The summed E-state index contributed by atoms with van der Waals surface area (Å²) in [7, 11) is 0. The van der Waals surface area contributed by atoms with E-state index >= 15 is 0 Å². The third kappa shape index (κ3) is 1.77. The molecule has 0 aromatic rings. The third-order valence-corrected chi connectivity index (χ3v) is 6.55. The van der Waals surface area contributed by atoms with Crippen molar-refractivity contribution < 1.29 is 0 Å². The molecule has 0 heterocycles. The first-order valence-electron chi connectivity index (χ1n) is 7.95. The Hall–Kier alpha value is -0.0400. The van der Waals surface area contributed by atoms with Crippen molar-refractivity contribution in [3.05, 3.63) is 0 Å². The first-order chi connectivity index (χ1) is 8.22. The van der Waals surface area contributed by atoms with Gasteiger partial charge in [-0.2, -0.15) is 0 Å². The number of hydrogen-bond acceptors (Lipinski definition) is 1. The first-order valence-corrected chi connectivity index (χ1v) is 7.95. The second kappa shape index (κ2) is 3.73.